The summed E-state index contributed by atoms with van der Waals surface area (Å²) in [5.41, 5.74) is 0.113. The lowest BCUT2D eigenvalue weighted by Crippen LogP contribution is -2.34. The molecule has 0 fully saturated rings. The van der Waals surface area contributed by atoms with Crippen LogP contribution in [0.25, 0.3) is 0 Å². The minimum Gasteiger partial charge on any atom is -0.496 e. The van der Waals surface area contributed by atoms with E-state index in [4.69, 9.17) is 14.6 Å². The molecule has 0 aliphatic carbocycles. The van der Waals surface area contributed by atoms with Crippen LogP contribution in [0.5, 0.6) is 5.75 Å². The largest absolute Gasteiger partial charge is 0.496 e. The van der Waals surface area contributed by atoms with E-state index in [9.17, 15) is 9.59 Å². The molecule has 1 aromatic rings. The van der Waals surface area contributed by atoms with Crippen LogP contribution in [0, 0.1) is 0 Å². The Hall–Kier alpha value is -2.24. The maximum Gasteiger partial charge on any atom is 0.408 e. The summed E-state index contributed by atoms with van der Waals surface area (Å²) in [6.07, 6.45) is -0.553. The second-order valence-corrected chi connectivity index (χ2v) is 5.63. The summed E-state index contributed by atoms with van der Waals surface area (Å²) in [5, 5.41) is 11.8. The number of aromatic carboxylic acids is 1. The first-order valence-electron chi connectivity index (χ1n) is 6.55. The first-order chi connectivity index (χ1) is 9.64. The van der Waals surface area contributed by atoms with Crippen LogP contribution in [0.2, 0.25) is 0 Å². The highest BCUT2D eigenvalue weighted by Crippen LogP contribution is 2.23. The zero-order valence-corrected chi connectivity index (χ0v) is 12.9. The summed E-state index contributed by atoms with van der Waals surface area (Å²) in [4.78, 5) is 22.9. The van der Waals surface area contributed by atoms with Gasteiger partial charge in [-0.15, -0.1) is 0 Å². The maximum atomic E-state index is 11.7. The van der Waals surface area contributed by atoms with Crippen molar-refractivity contribution in [2.45, 2.75) is 39.3 Å². The molecule has 2 N–H and O–H groups in total. The van der Waals surface area contributed by atoms with Crippen LogP contribution in [-0.4, -0.2) is 29.9 Å². The average molecular weight is 295 g/mol. The molecule has 0 heterocycles. The number of amides is 1. The van der Waals surface area contributed by atoms with E-state index >= 15 is 0 Å². The summed E-state index contributed by atoms with van der Waals surface area (Å²) in [6, 6.07) is 4.35. The summed E-state index contributed by atoms with van der Waals surface area (Å²) >= 11 is 0. The summed E-state index contributed by atoms with van der Waals surface area (Å²) in [7, 11) is 1.41. The zero-order chi connectivity index (χ0) is 16.2. The Bertz CT molecular complexity index is 533. The monoisotopic (exact) mass is 295 g/mol. The fraction of sp³-hybridized carbons (Fsp3) is 0.467. The second kappa shape index (κ2) is 6.47. The van der Waals surface area contributed by atoms with Gasteiger partial charge in [-0.1, -0.05) is 6.07 Å². The molecule has 1 aromatic carbocycles. The minimum atomic E-state index is -1.09. The molecule has 116 valence electrons. The van der Waals surface area contributed by atoms with E-state index < -0.39 is 17.7 Å². The van der Waals surface area contributed by atoms with Gasteiger partial charge in [0.05, 0.1) is 13.2 Å². The molecule has 0 bridgehead atoms. The normalized spacial score (nSPS) is 12.4. The number of hydrogen-bond donors (Lipinski definition) is 2. The Morgan fingerprint density at radius 2 is 1.90 bits per heavy atom. The van der Waals surface area contributed by atoms with Crippen molar-refractivity contribution in [1.29, 1.82) is 0 Å². The van der Waals surface area contributed by atoms with Crippen LogP contribution in [0.4, 0.5) is 4.79 Å². The van der Waals surface area contributed by atoms with Crippen molar-refractivity contribution in [3.05, 3.63) is 29.3 Å². The standard InChI is InChI=1S/C15H21NO5/c1-9(16-14(19)21-15(2,3)4)10-6-7-12(20-5)11(8-10)13(17)18/h6-9H,1-5H3,(H,16,19)(H,17,18)/t9-/m0/s1. The molecule has 0 spiro atoms. The van der Waals surface area contributed by atoms with E-state index in [1.54, 1.807) is 39.8 Å². The lowest BCUT2D eigenvalue weighted by atomic mass is 10.0. The highest BCUT2D eigenvalue weighted by molar-refractivity contribution is 5.91. The highest BCUT2D eigenvalue weighted by Gasteiger charge is 2.19. The van der Waals surface area contributed by atoms with Gasteiger partial charge in [0.25, 0.3) is 0 Å². The van der Waals surface area contributed by atoms with Gasteiger partial charge in [0.1, 0.15) is 16.9 Å². The number of benzene rings is 1. The quantitative estimate of drug-likeness (QED) is 0.892. The smallest absolute Gasteiger partial charge is 0.408 e. The van der Waals surface area contributed by atoms with Crippen LogP contribution >= 0.6 is 0 Å². The molecule has 6 heteroatoms. The van der Waals surface area contributed by atoms with Gasteiger partial charge in [-0.2, -0.15) is 0 Å². The molecule has 0 unspecified atom stereocenters. The molecule has 0 aromatic heterocycles. The number of methoxy groups -OCH3 is 1. The first-order valence-corrected chi connectivity index (χ1v) is 6.55. The highest BCUT2D eigenvalue weighted by atomic mass is 16.6. The van der Waals surface area contributed by atoms with Crippen molar-refractivity contribution in [3.8, 4) is 5.75 Å². The van der Waals surface area contributed by atoms with Crippen molar-refractivity contribution < 1.29 is 24.2 Å². The van der Waals surface area contributed by atoms with Crippen molar-refractivity contribution in [1.82, 2.24) is 5.32 Å². The zero-order valence-electron chi connectivity index (χ0n) is 12.9. The Kier molecular flexibility index (Phi) is 5.18. The molecule has 0 aliphatic heterocycles. The molecule has 0 radical (unpaired) electrons. The van der Waals surface area contributed by atoms with Crippen LogP contribution in [0.1, 0.15) is 49.7 Å². The van der Waals surface area contributed by atoms with Gasteiger partial charge >= 0.3 is 12.1 Å². The Labute approximate surface area is 124 Å². The molecular formula is C15H21NO5. The molecule has 1 rings (SSSR count). The van der Waals surface area contributed by atoms with Gasteiger partial charge in [0.2, 0.25) is 0 Å². The maximum absolute atomic E-state index is 11.7. The molecule has 0 saturated carbocycles. The van der Waals surface area contributed by atoms with Crippen LogP contribution < -0.4 is 10.1 Å². The van der Waals surface area contributed by atoms with E-state index in [2.05, 4.69) is 5.32 Å². The summed E-state index contributed by atoms with van der Waals surface area (Å²) < 4.78 is 10.2. The molecule has 1 amide bonds. The lowest BCUT2D eigenvalue weighted by Gasteiger charge is -2.22. The SMILES string of the molecule is COc1ccc([C@H](C)NC(=O)OC(C)(C)C)cc1C(=O)O. The molecular weight excluding hydrogens is 274 g/mol. The van der Waals surface area contributed by atoms with Gasteiger partial charge in [-0.05, 0) is 45.4 Å². The van der Waals surface area contributed by atoms with Crippen LogP contribution in [0.15, 0.2) is 18.2 Å². The number of carboxylic acid groups (broad SMARTS) is 1. The third kappa shape index (κ3) is 4.98. The third-order valence-electron chi connectivity index (χ3n) is 2.69. The number of nitrogens with one attached hydrogen (secondary N) is 1. The van der Waals surface area contributed by atoms with Crippen molar-refractivity contribution >= 4 is 12.1 Å². The topological polar surface area (TPSA) is 84.9 Å². The summed E-state index contributed by atoms with van der Waals surface area (Å²) in [5.74, 6) is -0.811. The minimum absolute atomic E-state index is 0.0489. The van der Waals surface area contributed by atoms with Crippen molar-refractivity contribution in [3.63, 3.8) is 0 Å². The van der Waals surface area contributed by atoms with Gasteiger partial charge in [0, 0.05) is 0 Å². The molecule has 6 nitrogen and oxygen atoms in total. The van der Waals surface area contributed by atoms with Crippen molar-refractivity contribution in [2.75, 3.05) is 7.11 Å². The van der Waals surface area contributed by atoms with E-state index in [-0.39, 0.29) is 17.4 Å². The van der Waals surface area contributed by atoms with E-state index in [1.807, 2.05) is 0 Å². The lowest BCUT2D eigenvalue weighted by molar-refractivity contribution is 0.0507. The van der Waals surface area contributed by atoms with Crippen molar-refractivity contribution in [2.24, 2.45) is 0 Å². The fourth-order valence-corrected chi connectivity index (χ4v) is 1.73. The van der Waals surface area contributed by atoms with Crippen LogP contribution in [0.3, 0.4) is 0 Å². The Morgan fingerprint density at radius 1 is 1.29 bits per heavy atom. The predicted octanol–water partition coefficient (Wildman–Crippen LogP) is 2.98. The number of rotatable bonds is 4. The number of carbonyl (C=O) groups excluding carboxylic acids is 1. The number of alkyl carbamates (subject to hydrolysis) is 1. The van der Waals surface area contributed by atoms with E-state index in [0.717, 1.165) is 0 Å². The number of carbonyl (C=O) groups is 2. The predicted molar refractivity (Wildman–Crippen MR) is 77.7 cm³/mol. The molecule has 21 heavy (non-hydrogen) atoms. The molecule has 0 aliphatic rings. The van der Waals surface area contributed by atoms with Gasteiger partial charge in [-0.25, -0.2) is 9.59 Å². The first kappa shape index (κ1) is 16.8. The second-order valence-electron chi connectivity index (χ2n) is 5.63. The fourth-order valence-electron chi connectivity index (χ4n) is 1.73. The molecule has 1 atom stereocenters. The van der Waals surface area contributed by atoms with Crippen LogP contribution in [-0.2, 0) is 4.74 Å². The van der Waals surface area contributed by atoms with E-state index in [0.29, 0.717) is 5.56 Å². The van der Waals surface area contributed by atoms with Gasteiger partial charge < -0.3 is 19.9 Å². The van der Waals surface area contributed by atoms with E-state index in [1.165, 1.54) is 13.2 Å². The Morgan fingerprint density at radius 3 is 2.38 bits per heavy atom. The third-order valence-corrected chi connectivity index (χ3v) is 2.69. The number of ether oxygens (including phenoxy) is 2. The van der Waals surface area contributed by atoms with Gasteiger partial charge in [-0.3, -0.25) is 0 Å². The Balaban J connectivity index is 2.88. The number of carboxylic acids is 1. The number of hydrogen-bond acceptors (Lipinski definition) is 4. The molecule has 0 saturated heterocycles. The summed E-state index contributed by atoms with van der Waals surface area (Å²) in [6.45, 7) is 7.06. The van der Waals surface area contributed by atoms with Gasteiger partial charge in [0.15, 0.2) is 0 Å². The average Bonchev–Trinajstić information content (AvgIpc) is 2.35.